The van der Waals surface area contributed by atoms with Gasteiger partial charge >= 0.3 is 0 Å². The average molecular weight is 392 g/mol. The van der Waals surface area contributed by atoms with Crippen LogP contribution in [0.3, 0.4) is 0 Å². The van der Waals surface area contributed by atoms with E-state index in [2.05, 4.69) is 0 Å². The van der Waals surface area contributed by atoms with Gasteiger partial charge in [-0.1, -0.05) is 43.6 Å². The number of amides is 1. The first kappa shape index (κ1) is 19.2. The number of carbonyl (C=O) groups excluding carboxylic acids is 3. The minimum absolute atomic E-state index is 0.200. The molecule has 1 aliphatic rings. The topological polar surface area (TPSA) is 54.5 Å². The fourth-order valence-corrected chi connectivity index (χ4v) is 3.42. The zero-order valence-electron chi connectivity index (χ0n) is 14.6. The maximum atomic E-state index is 14.6. The van der Waals surface area contributed by atoms with Crippen LogP contribution in [0.15, 0.2) is 42.5 Å². The number of rotatable bonds is 4. The van der Waals surface area contributed by atoms with Crippen molar-refractivity contribution in [3.63, 3.8) is 0 Å². The van der Waals surface area contributed by atoms with Gasteiger partial charge in [0.2, 0.25) is 5.78 Å². The molecule has 0 bridgehead atoms. The van der Waals surface area contributed by atoms with Crippen LogP contribution < -0.4 is 4.90 Å². The number of hydrogen-bond acceptors (Lipinski definition) is 3. The van der Waals surface area contributed by atoms with E-state index in [-0.39, 0.29) is 10.7 Å². The van der Waals surface area contributed by atoms with Crippen molar-refractivity contribution >= 4 is 34.8 Å². The Morgan fingerprint density at radius 3 is 2.30 bits per heavy atom. The van der Waals surface area contributed by atoms with E-state index in [9.17, 15) is 23.2 Å². The van der Waals surface area contributed by atoms with E-state index in [1.165, 1.54) is 30.3 Å². The number of anilines is 1. The summed E-state index contributed by atoms with van der Waals surface area (Å²) in [4.78, 5) is 39.0. The Morgan fingerprint density at radius 2 is 1.70 bits per heavy atom. The first-order chi connectivity index (χ1) is 12.7. The molecule has 2 aromatic rings. The van der Waals surface area contributed by atoms with Crippen molar-refractivity contribution in [2.75, 3.05) is 4.90 Å². The molecule has 0 spiro atoms. The van der Waals surface area contributed by atoms with E-state index >= 15 is 0 Å². The highest BCUT2D eigenvalue weighted by Crippen LogP contribution is 2.42. The molecule has 140 valence electrons. The molecule has 0 aromatic heterocycles. The Labute approximate surface area is 159 Å². The molecule has 27 heavy (non-hydrogen) atoms. The number of carbonyl (C=O) groups is 3. The maximum absolute atomic E-state index is 14.6. The Balaban J connectivity index is 2.22. The van der Waals surface area contributed by atoms with Crippen LogP contribution in [0.2, 0.25) is 5.02 Å². The summed E-state index contributed by atoms with van der Waals surface area (Å²) in [7, 11) is 0. The molecule has 0 saturated carbocycles. The predicted octanol–water partition coefficient (Wildman–Crippen LogP) is 4.12. The Kier molecular flexibility index (Phi) is 5.11. The van der Waals surface area contributed by atoms with E-state index in [0.29, 0.717) is 5.56 Å². The van der Waals surface area contributed by atoms with Crippen molar-refractivity contribution in [2.24, 2.45) is 11.8 Å². The lowest BCUT2D eigenvalue weighted by Gasteiger charge is -2.28. The lowest BCUT2D eigenvalue weighted by molar-refractivity contribution is -0.139. The largest absolute Gasteiger partial charge is 0.298 e. The minimum atomic E-state index is -1.30. The SMILES string of the molecule is CC(C)C(=O)C1C(=O)C(=O)N(c2cccc(Cl)c2F)C1c1ccc(F)cc1. The second kappa shape index (κ2) is 7.19. The molecular weight excluding hydrogens is 376 g/mol. The third-order valence-corrected chi connectivity index (χ3v) is 4.88. The van der Waals surface area contributed by atoms with Crippen LogP contribution in [-0.2, 0) is 14.4 Å². The monoisotopic (exact) mass is 391 g/mol. The summed E-state index contributed by atoms with van der Waals surface area (Å²) in [6, 6.07) is 8.06. The second-order valence-electron chi connectivity index (χ2n) is 6.64. The summed E-state index contributed by atoms with van der Waals surface area (Å²) >= 11 is 5.83. The van der Waals surface area contributed by atoms with Crippen LogP contribution in [0.1, 0.15) is 25.5 Å². The Bertz CT molecular complexity index is 927. The number of benzene rings is 2. The van der Waals surface area contributed by atoms with Gasteiger partial charge < -0.3 is 0 Å². The van der Waals surface area contributed by atoms with Crippen molar-refractivity contribution in [3.8, 4) is 0 Å². The van der Waals surface area contributed by atoms with E-state index < -0.39 is 47.0 Å². The minimum Gasteiger partial charge on any atom is -0.298 e. The second-order valence-corrected chi connectivity index (χ2v) is 7.05. The van der Waals surface area contributed by atoms with Gasteiger partial charge in [0.15, 0.2) is 5.82 Å². The third kappa shape index (κ3) is 3.25. The molecule has 0 N–H and O–H groups in total. The smallest absolute Gasteiger partial charge is 0.295 e. The number of Topliss-reactive ketones (excluding diaryl/α,β-unsaturated/α-hetero) is 2. The summed E-state index contributed by atoms with van der Waals surface area (Å²) < 4.78 is 28.0. The van der Waals surface area contributed by atoms with E-state index in [1.54, 1.807) is 13.8 Å². The van der Waals surface area contributed by atoms with E-state index in [0.717, 1.165) is 17.0 Å². The van der Waals surface area contributed by atoms with Crippen molar-refractivity contribution in [1.82, 2.24) is 0 Å². The van der Waals surface area contributed by atoms with Crippen LogP contribution in [0.5, 0.6) is 0 Å². The lowest BCUT2D eigenvalue weighted by atomic mass is 9.85. The summed E-state index contributed by atoms with van der Waals surface area (Å²) in [6.07, 6.45) is 0. The maximum Gasteiger partial charge on any atom is 0.295 e. The van der Waals surface area contributed by atoms with Crippen LogP contribution in [0.25, 0.3) is 0 Å². The quantitative estimate of drug-likeness (QED) is 0.582. The van der Waals surface area contributed by atoms with Gasteiger partial charge in [-0.15, -0.1) is 0 Å². The molecule has 7 heteroatoms. The summed E-state index contributed by atoms with van der Waals surface area (Å²) in [5.41, 5.74) is 0.156. The zero-order chi connectivity index (χ0) is 19.9. The highest BCUT2D eigenvalue weighted by molar-refractivity contribution is 6.48. The van der Waals surface area contributed by atoms with Gasteiger partial charge in [0.05, 0.1) is 16.8 Å². The Hall–Kier alpha value is -2.60. The van der Waals surface area contributed by atoms with Crippen molar-refractivity contribution in [2.45, 2.75) is 19.9 Å². The van der Waals surface area contributed by atoms with Crippen LogP contribution in [0, 0.1) is 23.5 Å². The molecule has 1 aliphatic heterocycles. The van der Waals surface area contributed by atoms with Crippen LogP contribution in [0.4, 0.5) is 14.5 Å². The number of halogens is 3. The molecule has 2 unspecified atom stereocenters. The molecular formula is C20H16ClF2NO3. The summed E-state index contributed by atoms with van der Waals surface area (Å²) in [5.74, 6) is -5.55. The summed E-state index contributed by atoms with van der Waals surface area (Å²) in [5, 5.41) is -0.218. The predicted molar refractivity (Wildman–Crippen MR) is 96.4 cm³/mol. The lowest BCUT2D eigenvalue weighted by Crippen LogP contribution is -2.32. The first-order valence-electron chi connectivity index (χ1n) is 8.34. The van der Waals surface area contributed by atoms with Crippen molar-refractivity contribution in [3.05, 3.63) is 64.7 Å². The molecule has 1 saturated heterocycles. The highest BCUT2D eigenvalue weighted by Gasteiger charge is 2.53. The normalized spacial score (nSPS) is 19.9. The van der Waals surface area contributed by atoms with Gasteiger partial charge in [0.1, 0.15) is 17.5 Å². The fraction of sp³-hybridized carbons (Fsp3) is 0.250. The molecule has 1 heterocycles. The van der Waals surface area contributed by atoms with E-state index in [4.69, 9.17) is 11.6 Å². The zero-order valence-corrected chi connectivity index (χ0v) is 15.3. The van der Waals surface area contributed by atoms with Gasteiger partial charge in [-0.25, -0.2) is 8.78 Å². The van der Waals surface area contributed by atoms with Gasteiger partial charge in [-0.2, -0.15) is 0 Å². The first-order valence-corrected chi connectivity index (χ1v) is 8.72. The standard InChI is InChI=1S/C20H16ClF2NO3/c1-10(2)18(25)15-17(11-6-8-12(22)9-7-11)24(20(27)19(15)26)14-5-3-4-13(21)16(14)23/h3-10,15,17H,1-2H3. The fourth-order valence-electron chi connectivity index (χ4n) is 3.25. The molecule has 0 radical (unpaired) electrons. The van der Waals surface area contributed by atoms with Gasteiger partial charge in [0.25, 0.3) is 5.91 Å². The average Bonchev–Trinajstić information content (AvgIpc) is 2.89. The highest BCUT2D eigenvalue weighted by atomic mass is 35.5. The third-order valence-electron chi connectivity index (χ3n) is 4.58. The van der Waals surface area contributed by atoms with Crippen molar-refractivity contribution < 1.29 is 23.2 Å². The Morgan fingerprint density at radius 1 is 1.07 bits per heavy atom. The van der Waals surface area contributed by atoms with Gasteiger partial charge in [0, 0.05) is 5.92 Å². The molecule has 3 rings (SSSR count). The van der Waals surface area contributed by atoms with Crippen molar-refractivity contribution in [1.29, 1.82) is 0 Å². The van der Waals surface area contributed by atoms with Crippen LogP contribution >= 0.6 is 11.6 Å². The number of nitrogens with zero attached hydrogens (tertiary/aromatic N) is 1. The molecule has 4 nitrogen and oxygen atoms in total. The molecule has 0 aliphatic carbocycles. The molecule has 1 amide bonds. The number of ketones is 2. The summed E-state index contributed by atoms with van der Waals surface area (Å²) in [6.45, 7) is 3.23. The molecule has 1 fully saturated rings. The van der Waals surface area contributed by atoms with Gasteiger partial charge in [-0.05, 0) is 29.8 Å². The van der Waals surface area contributed by atoms with Crippen LogP contribution in [-0.4, -0.2) is 17.5 Å². The molecule has 2 atom stereocenters. The number of hydrogen-bond donors (Lipinski definition) is 0. The van der Waals surface area contributed by atoms with Gasteiger partial charge in [-0.3, -0.25) is 19.3 Å². The van der Waals surface area contributed by atoms with E-state index in [1.807, 2.05) is 0 Å². The molecule has 2 aromatic carbocycles.